The topological polar surface area (TPSA) is 118 Å². The van der Waals surface area contributed by atoms with Crippen molar-refractivity contribution in [3.63, 3.8) is 0 Å². The van der Waals surface area contributed by atoms with Crippen LogP contribution in [0.5, 0.6) is 0 Å². The van der Waals surface area contributed by atoms with Crippen molar-refractivity contribution in [3.8, 4) is 0 Å². The highest BCUT2D eigenvalue weighted by Gasteiger charge is 2.36. The summed E-state index contributed by atoms with van der Waals surface area (Å²) in [6, 6.07) is 10.4. The third-order valence-corrected chi connectivity index (χ3v) is 10.9. The van der Waals surface area contributed by atoms with Gasteiger partial charge >= 0.3 is 0 Å². The van der Waals surface area contributed by atoms with E-state index in [0.717, 1.165) is 25.3 Å². The van der Waals surface area contributed by atoms with Crippen LogP contribution in [-0.2, 0) is 4.43 Å². The number of benzene rings is 1. The molecule has 0 aliphatic heterocycles. The molecule has 2 aromatic heterocycles. The maximum atomic E-state index is 12.9. The molecule has 3 rings (SSSR count). The molecule has 196 valence electrons. The molecule has 0 bridgehead atoms. The number of carbonyl (C=O) groups is 2. The molecule has 37 heavy (non-hydrogen) atoms. The van der Waals surface area contributed by atoms with Crippen LogP contribution in [0.15, 0.2) is 55.0 Å². The lowest BCUT2D eigenvalue weighted by atomic mass is 10.2. The number of rotatable bonds is 10. The maximum absolute atomic E-state index is 12.9. The number of hydrogen-bond acceptors (Lipinski definition) is 7. The Kier molecular flexibility index (Phi) is 9.36. The summed E-state index contributed by atoms with van der Waals surface area (Å²) < 4.78 is 6.20. The summed E-state index contributed by atoms with van der Waals surface area (Å²) in [7, 11) is -1.73. The third kappa shape index (κ3) is 8.07. The zero-order valence-corrected chi connectivity index (χ0v) is 23.5. The van der Waals surface area contributed by atoms with Gasteiger partial charge in [-0.25, -0.2) is 15.0 Å². The van der Waals surface area contributed by atoms with Gasteiger partial charge in [0.05, 0.1) is 5.02 Å². The standard InChI is InChI=1S/C26H33ClN6O3Si/c1-26(2,3)37(4,5)36-16-6-13-28-19-8-10-20(11-9-19)32-24(34)22-23(30-15-14-29-22)25(35)33-21-12-7-18(27)17-31-21/h7-12,14-15,17,28H,6,13,16H2,1-5H3,(H,32,34)(H,31,33,35). The first-order valence-corrected chi connectivity index (χ1v) is 15.3. The van der Waals surface area contributed by atoms with Gasteiger partial charge in [0, 0.05) is 43.1 Å². The second kappa shape index (κ2) is 12.3. The highest BCUT2D eigenvalue weighted by Crippen LogP contribution is 2.36. The lowest BCUT2D eigenvalue weighted by Crippen LogP contribution is -2.41. The van der Waals surface area contributed by atoms with E-state index in [9.17, 15) is 9.59 Å². The number of carbonyl (C=O) groups excluding carboxylic acids is 2. The van der Waals surface area contributed by atoms with Gasteiger partial charge in [-0.15, -0.1) is 0 Å². The van der Waals surface area contributed by atoms with Gasteiger partial charge in [0.15, 0.2) is 19.7 Å². The summed E-state index contributed by atoms with van der Waals surface area (Å²) in [5, 5.41) is 9.36. The third-order valence-electron chi connectivity index (χ3n) is 6.16. The lowest BCUT2D eigenvalue weighted by molar-refractivity contribution is 0.0982. The molecule has 0 saturated carbocycles. The first kappa shape index (κ1) is 28.2. The summed E-state index contributed by atoms with van der Waals surface area (Å²) in [4.78, 5) is 37.7. The summed E-state index contributed by atoms with van der Waals surface area (Å²) in [6.45, 7) is 12.7. The Balaban J connectivity index is 1.53. The van der Waals surface area contributed by atoms with Crippen molar-refractivity contribution in [2.45, 2.75) is 45.3 Å². The normalized spacial score (nSPS) is 11.6. The fraction of sp³-hybridized carbons (Fsp3) is 0.346. The van der Waals surface area contributed by atoms with E-state index in [1.54, 1.807) is 24.3 Å². The number of pyridine rings is 1. The van der Waals surface area contributed by atoms with Crippen molar-refractivity contribution in [3.05, 3.63) is 71.4 Å². The van der Waals surface area contributed by atoms with Crippen molar-refractivity contribution >= 4 is 48.9 Å². The van der Waals surface area contributed by atoms with E-state index in [1.807, 2.05) is 12.1 Å². The van der Waals surface area contributed by atoms with Crippen molar-refractivity contribution in [2.75, 3.05) is 29.1 Å². The summed E-state index contributed by atoms with van der Waals surface area (Å²) in [6.07, 6.45) is 5.00. The number of hydrogen-bond donors (Lipinski definition) is 3. The van der Waals surface area contributed by atoms with E-state index in [0.29, 0.717) is 10.7 Å². The van der Waals surface area contributed by atoms with Crippen LogP contribution in [0.25, 0.3) is 0 Å². The van der Waals surface area contributed by atoms with Crippen LogP contribution in [-0.4, -0.2) is 48.2 Å². The molecule has 2 amide bonds. The van der Waals surface area contributed by atoms with Gasteiger partial charge in [-0.3, -0.25) is 9.59 Å². The molecule has 0 aliphatic rings. The molecule has 0 atom stereocenters. The van der Waals surface area contributed by atoms with E-state index in [-0.39, 0.29) is 22.2 Å². The predicted octanol–water partition coefficient (Wildman–Crippen LogP) is 5.85. The number of nitrogens with one attached hydrogen (secondary N) is 3. The van der Waals surface area contributed by atoms with Crippen LogP contribution >= 0.6 is 11.6 Å². The minimum atomic E-state index is -1.73. The number of amides is 2. The number of anilines is 3. The minimum Gasteiger partial charge on any atom is -0.417 e. The highest BCUT2D eigenvalue weighted by atomic mass is 35.5. The zero-order valence-electron chi connectivity index (χ0n) is 21.8. The number of nitrogens with zero attached hydrogens (tertiary/aromatic N) is 3. The molecule has 0 unspecified atom stereocenters. The molecule has 0 spiro atoms. The zero-order chi connectivity index (χ0) is 27.1. The van der Waals surface area contributed by atoms with E-state index in [4.69, 9.17) is 16.0 Å². The molecule has 0 radical (unpaired) electrons. The molecule has 0 saturated heterocycles. The Morgan fingerprint density at radius 3 is 2.05 bits per heavy atom. The second-order valence-corrected chi connectivity index (χ2v) is 15.2. The average Bonchev–Trinajstić information content (AvgIpc) is 2.85. The quantitative estimate of drug-likeness (QED) is 0.218. The first-order chi connectivity index (χ1) is 17.5. The molecule has 11 heteroatoms. The SMILES string of the molecule is CC(C)(C)[Si](C)(C)OCCCNc1ccc(NC(=O)c2nccnc2C(=O)Nc2ccc(Cl)cn2)cc1. The average molecular weight is 541 g/mol. The van der Waals surface area contributed by atoms with Crippen molar-refractivity contribution in [1.82, 2.24) is 15.0 Å². The summed E-state index contributed by atoms with van der Waals surface area (Å²) in [5.74, 6) is -0.878. The Morgan fingerprint density at radius 2 is 1.49 bits per heavy atom. The summed E-state index contributed by atoms with van der Waals surface area (Å²) >= 11 is 5.83. The fourth-order valence-electron chi connectivity index (χ4n) is 3.01. The van der Waals surface area contributed by atoms with Gasteiger partial charge in [-0.1, -0.05) is 32.4 Å². The second-order valence-electron chi connectivity index (χ2n) is 9.99. The largest absolute Gasteiger partial charge is 0.417 e. The van der Waals surface area contributed by atoms with Crippen molar-refractivity contribution < 1.29 is 14.0 Å². The predicted molar refractivity (Wildman–Crippen MR) is 150 cm³/mol. The van der Waals surface area contributed by atoms with Crippen LogP contribution in [0.1, 0.15) is 48.2 Å². The van der Waals surface area contributed by atoms with Gasteiger partial charge in [0.1, 0.15) is 5.82 Å². The van der Waals surface area contributed by atoms with Gasteiger partial charge in [0.25, 0.3) is 11.8 Å². The molecule has 0 aliphatic carbocycles. The smallest absolute Gasteiger partial charge is 0.277 e. The molecule has 3 N–H and O–H groups in total. The number of aromatic nitrogens is 3. The first-order valence-electron chi connectivity index (χ1n) is 12.0. The molecule has 1 aromatic carbocycles. The van der Waals surface area contributed by atoms with E-state index >= 15 is 0 Å². The molecule has 3 aromatic rings. The summed E-state index contributed by atoms with van der Waals surface area (Å²) in [5.41, 5.74) is 1.28. The Bertz CT molecular complexity index is 1210. The highest BCUT2D eigenvalue weighted by molar-refractivity contribution is 6.74. The van der Waals surface area contributed by atoms with Gasteiger partial charge < -0.3 is 20.4 Å². The number of halogens is 1. The van der Waals surface area contributed by atoms with Crippen LogP contribution in [0.4, 0.5) is 17.2 Å². The van der Waals surface area contributed by atoms with Gasteiger partial charge in [-0.05, 0) is 61.0 Å². The van der Waals surface area contributed by atoms with Gasteiger partial charge in [-0.2, -0.15) is 0 Å². The van der Waals surface area contributed by atoms with Gasteiger partial charge in [0.2, 0.25) is 0 Å². The van der Waals surface area contributed by atoms with Crippen molar-refractivity contribution in [2.24, 2.45) is 0 Å². The maximum Gasteiger partial charge on any atom is 0.277 e. The Hall–Kier alpha value is -3.34. The molecular weight excluding hydrogens is 508 g/mol. The molecule has 2 heterocycles. The van der Waals surface area contributed by atoms with E-state index < -0.39 is 20.1 Å². The monoisotopic (exact) mass is 540 g/mol. The van der Waals surface area contributed by atoms with Crippen LogP contribution in [0.3, 0.4) is 0 Å². The molecule has 0 fully saturated rings. The fourth-order valence-corrected chi connectivity index (χ4v) is 4.21. The van der Waals surface area contributed by atoms with E-state index in [2.05, 4.69) is 64.8 Å². The van der Waals surface area contributed by atoms with Crippen LogP contribution < -0.4 is 16.0 Å². The lowest BCUT2D eigenvalue weighted by Gasteiger charge is -2.36. The van der Waals surface area contributed by atoms with Crippen LogP contribution in [0.2, 0.25) is 23.2 Å². The Morgan fingerprint density at radius 1 is 0.892 bits per heavy atom. The Labute approximate surface area is 223 Å². The molecule has 9 nitrogen and oxygen atoms in total. The minimum absolute atomic E-state index is 0.0992. The molecular formula is C26H33ClN6O3Si. The van der Waals surface area contributed by atoms with Crippen molar-refractivity contribution in [1.29, 1.82) is 0 Å². The van der Waals surface area contributed by atoms with Crippen LogP contribution in [0, 0.1) is 0 Å². The van der Waals surface area contributed by atoms with E-state index in [1.165, 1.54) is 18.6 Å².